The lowest BCUT2D eigenvalue weighted by Crippen LogP contribution is -2.47. The first-order valence-electron chi connectivity index (χ1n) is 7.79. The summed E-state index contributed by atoms with van der Waals surface area (Å²) in [5.74, 6) is 0.379. The third-order valence-electron chi connectivity index (χ3n) is 4.48. The third-order valence-corrected chi connectivity index (χ3v) is 4.48. The first-order chi connectivity index (χ1) is 9.83. The lowest BCUT2D eigenvalue weighted by atomic mass is 10.0. The quantitative estimate of drug-likeness (QED) is 0.872. The highest BCUT2D eigenvalue weighted by atomic mass is 16.3. The molecule has 0 aromatic heterocycles. The van der Waals surface area contributed by atoms with Gasteiger partial charge in [0, 0.05) is 38.8 Å². The molecule has 20 heavy (non-hydrogen) atoms. The van der Waals surface area contributed by atoms with Crippen molar-refractivity contribution in [3.8, 4) is 5.75 Å². The van der Waals surface area contributed by atoms with E-state index in [1.54, 1.807) is 6.07 Å². The zero-order valence-corrected chi connectivity index (χ0v) is 12.1. The lowest BCUT2D eigenvalue weighted by molar-refractivity contribution is 0.135. The van der Waals surface area contributed by atoms with E-state index >= 15 is 0 Å². The van der Waals surface area contributed by atoms with Crippen LogP contribution in [0, 0.1) is 0 Å². The predicted molar refractivity (Wildman–Crippen MR) is 81.0 cm³/mol. The van der Waals surface area contributed by atoms with Gasteiger partial charge >= 0.3 is 0 Å². The van der Waals surface area contributed by atoms with Crippen molar-refractivity contribution in [1.82, 2.24) is 15.1 Å². The molecule has 0 bridgehead atoms. The van der Waals surface area contributed by atoms with Crippen LogP contribution in [0.15, 0.2) is 24.3 Å². The maximum Gasteiger partial charge on any atom is 0.115 e. The van der Waals surface area contributed by atoms with E-state index in [1.807, 2.05) is 12.1 Å². The van der Waals surface area contributed by atoms with E-state index in [1.165, 1.54) is 31.5 Å². The van der Waals surface area contributed by atoms with Gasteiger partial charge in [0.1, 0.15) is 5.75 Å². The summed E-state index contributed by atoms with van der Waals surface area (Å²) in [5.41, 5.74) is 1.25. The van der Waals surface area contributed by atoms with Gasteiger partial charge < -0.3 is 15.3 Å². The summed E-state index contributed by atoms with van der Waals surface area (Å²) in [4.78, 5) is 5.13. The highest BCUT2D eigenvalue weighted by Gasteiger charge is 2.25. The topological polar surface area (TPSA) is 38.7 Å². The second kappa shape index (κ2) is 6.57. The molecule has 4 heteroatoms. The van der Waals surface area contributed by atoms with Crippen LogP contribution in [0.4, 0.5) is 0 Å². The molecule has 0 aliphatic carbocycles. The van der Waals surface area contributed by atoms with Gasteiger partial charge in [-0.2, -0.15) is 0 Å². The highest BCUT2D eigenvalue weighted by molar-refractivity contribution is 5.29. The fourth-order valence-corrected chi connectivity index (χ4v) is 3.37. The van der Waals surface area contributed by atoms with Gasteiger partial charge in [-0.05, 0) is 43.6 Å². The van der Waals surface area contributed by atoms with Gasteiger partial charge in [0.25, 0.3) is 0 Å². The van der Waals surface area contributed by atoms with Gasteiger partial charge in [-0.3, -0.25) is 4.90 Å². The van der Waals surface area contributed by atoms with Crippen LogP contribution >= 0.6 is 0 Å². The minimum absolute atomic E-state index is 0.379. The van der Waals surface area contributed by atoms with E-state index in [0.29, 0.717) is 11.8 Å². The van der Waals surface area contributed by atoms with Gasteiger partial charge in [0.15, 0.2) is 0 Å². The molecule has 2 aliphatic heterocycles. The Hall–Kier alpha value is -1.10. The molecule has 2 heterocycles. The van der Waals surface area contributed by atoms with Gasteiger partial charge in [0.2, 0.25) is 0 Å². The molecule has 1 atom stereocenters. The number of hydrogen-bond donors (Lipinski definition) is 2. The van der Waals surface area contributed by atoms with Crippen LogP contribution in [-0.4, -0.2) is 60.7 Å². The molecule has 110 valence electrons. The number of piperazine rings is 1. The molecular formula is C16H25N3O. The number of likely N-dealkylation sites (tertiary alicyclic amines) is 1. The van der Waals surface area contributed by atoms with Crippen LogP contribution in [0.5, 0.6) is 5.75 Å². The molecule has 0 radical (unpaired) electrons. The van der Waals surface area contributed by atoms with E-state index in [2.05, 4.69) is 21.2 Å². The van der Waals surface area contributed by atoms with Crippen molar-refractivity contribution in [2.24, 2.45) is 0 Å². The summed E-state index contributed by atoms with van der Waals surface area (Å²) in [6, 6.07) is 8.21. The molecule has 2 saturated heterocycles. The number of nitrogens with one attached hydrogen (secondary N) is 1. The van der Waals surface area contributed by atoms with Crippen molar-refractivity contribution < 1.29 is 5.11 Å². The Morgan fingerprint density at radius 3 is 2.55 bits per heavy atom. The smallest absolute Gasteiger partial charge is 0.115 e. The molecule has 1 aromatic carbocycles. The van der Waals surface area contributed by atoms with Gasteiger partial charge in [-0.15, -0.1) is 0 Å². The zero-order valence-electron chi connectivity index (χ0n) is 12.1. The molecule has 2 fully saturated rings. The molecule has 1 aromatic rings. The number of aromatic hydroxyl groups is 1. The minimum atomic E-state index is 0.379. The van der Waals surface area contributed by atoms with Crippen molar-refractivity contribution in [2.75, 3.05) is 45.8 Å². The Morgan fingerprint density at radius 1 is 1.10 bits per heavy atom. The standard InChI is InChI=1S/C16H25N3O/c20-15-5-3-4-14(12-15)16(13-18-8-1-2-9-18)19-10-6-17-7-11-19/h3-5,12,16-17,20H,1-2,6-11,13H2. The van der Waals surface area contributed by atoms with E-state index in [4.69, 9.17) is 0 Å². The fraction of sp³-hybridized carbons (Fsp3) is 0.625. The number of hydrogen-bond acceptors (Lipinski definition) is 4. The molecular weight excluding hydrogens is 250 g/mol. The molecule has 0 saturated carbocycles. The molecule has 0 amide bonds. The Morgan fingerprint density at radius 2 is 1.85 bits per heavy atom. The first-order valence-corrected chi connectivity index (χ1v) is 7.79. The third kappa shape index (κ3) is 3.32. The number of phenolic OH excluding ortho intramolecular Hbond substituents is 1. The van der Waals surface area contributed by atoms with Gasteiger partial charge in [-0.1, -0.05) is 12.1 Å². The summed E-state index contributed by atoms with van der Waals surface area (Å²) < 4.78 is 0. The summed E-state index contributed by atoms with van der Waals surface area (Å²) in [5, 5.41) is 13.2. The molecule has 2 aliphatic rings. The Bertz CT molecular complexity index is 425. The van der Waals surface area contributed by atoms with Gasteiger partial charge in [-0.25, -0.2) is 0 Å². The monoisotopic (exact) mass is 275 g/mol. The maximum atomic E-state index is 9.78. The van der Waals surface area contributed by atoms with E-state index < -0.39 is 0 Å². The normalized spacial score (nSPS) is 23.0. The van der Waals surface area contributed by atoms with E-state index in [-0.39, 0.29) is 0 Å². The van der Waals surface area contributed by atoms with E-state index in [9.17, 15) is 5.11 Å². The van der Waals surface area contributed by atoms with Crippen LogP contribution in [0.25, 0.3) is 0 Å². The average molecular weight is 275 g/mol. The predicted octanol–water partition coefficient (Wildman–Crippen LogP) is 1.43. The lowest BCUT2D eigenvalue weighted by Gasteiger charge is -2.37. The Balaban J connectivity index is 1.77. The highest BCUT2D eigenvalue weighted by Crippen LogP contribution is 2.26. The van der Waals surface area contributed by atoms with Crippen LogP contribution in [0.1, 0.15) is 24.4 Å². The van der Waals surface area contributed by atoms with Crippen LogP contribution < -0.4 is 5.32 Å². The minimum Gasteiger partial charge on any atom is -0.508 e. The summed E-state index contributed by atoms with van der Waals surface area (Å²) >= 11 is 0. The van der Waals surface area contributed by atoms with Crippen LogP contribution in [-0.2, 0) is 0 Å². The van der Waals surface area contributed by atoms with E-state index in [0.717, 1.165) is 32.7 Å². The first kappa shape index (κ1) is 13.9. The molecule has 0 spiro atoms. The number of rotatable bonds is 4. The second-order valence-electron chi connectivity index (χ2n) is 5.90. The number of benzene rings is 1. The van der Waals surface area contributed by atoms with Crippen LogP contribution in [0.3, 0.4) is 0 Å². The average Bonchev–Trinajstić information content (AvgIpc) is 2.99. The molecule has 4 nitrogen and oxygen atoms in total. The number of phenols is 1. The van der Waals surface area contributed by atoms with Crippen LogP contribution in [0.2, 0.25) is 0 Å². The fourth-order valence-electron chi connectivity index (χ4n) is 3.37. The number of nitrogens with zero attached hydrogens (tertiary/aromatic N) is 2. The van der Waals surface area contributed by atoms with Crippen molar-refractivity contribution >= 4 is 0 Å². The maximum absolute atomic E-state index is 9.78. The van der Waals surface area contributed by atoms with Crippen molar-refractivity contribution in [3.63, 3.8) is 0 Å². The second-order valence-corrected chi connectivity index (χ2v) is 5.90. The Kier molecular flexibility index (Phi) is 4.55. The molecule has 1 unspecified atom stereocenters. The summed E-state index contributed by atoms with van der Waals surface area (Å²) in [6.45, 7) is 7.85. The molecule has 2 N–H and O–H groups in total. The molecule has 3 rings (SSSR count). The van der Waals surface area contributed by atoms with Crippen molar-refractivity contribution in [2.45, 2.75) is 18.9 Å². The zero-order chi connectivity index (χ0) is 13.8. The summed E-state index contributed by atoms with van der Waals surface area (Å²) in [6.07, 6.45) is 2.66. The van der Waals surface area contributed by atoms with Crippen molar-refractivity contribution in [1.29, 1.82) is 0 Å². The summed E-state index contributed by atoms with van der Waals surface area (Å²) in [7, 11) is 0. The Labute approximate surface area is 121 Å². The van der Waals surface area contributed by atoms with Crippen molar-refractivity contribution in [3.05, 3.63) is 29.8 Å². The largest absolute Gasteiger partial charge is 0.508 e. The SMILES string of the molecule is Oc1cccc(C(CN2CCCC2)N2CCNCC2)c1. The van der Waals surface area contributed by atoms with Gasteiger partial charge in [0.05, 0.1) is 0 Å².